The van der Waals surface area contributed by atoms with Crippen LogP contribution in [0.5, 0.6) is 5.75 Å². The average Bonchev–Trinajstić information content (AvgIpc) is 3.02. The number of nitrogens with one attached hydrogen (secondary N) is 1. The van der Waals surface area contributed by atoms with Gasteiger partial charge in [0.1, 0.15) is 11.9 Å². The fraction of sp³-hybridized carbons (Fsp3) is 0.381. The number of anilines is 1. The molecule has 0 unspecified atom stereocenters. The minimum atomic E-state index is -4.89. The lowest BCUT2D eigenvalue weighted by atomic mass is 9.77. The lowest BCUT2D eigenvalue weighted by Gasteiger charge is -2.32. The molecule has 178 valence electrons. The van der Waals surface area contributed by atoms with Gasteiger partial charge in [-0.3, -0.25) is 9.59 Å². The normalized spacial score (nSPS) is 25.0. The van der Waals surface area contributed by atoms with E-state index >= 15 is 0 Å². The molecule has 0 aliphatic carbocycles. The first-order chi connectivity index (χ1) is 15.3. The van der Waals surface area contributed by atoms with E-state index in [9.17, 15) is 31.5 Å². The van der Waals surface area contributed by atoms with Crippen molar-refractivity contribution in [3.63, 3.8) is 0 Å². The Hall–Kier alpha value is -3.28. The van der Waals surface area contributed by atoms with Crippen molar-refractivity contribution >= 4 is 17.6 Å². The van der Waals surface area contributed by atoms with Gasteiger partial charge in [-0.2, -0.15) is 17.6 Å². The number of aromatic nitrogens is 1. The molecular formula is C21H20F5N3O4. The monoisotopic (exact) mass is 473 g/mol. The number of hydrogen-bond acceptors (Lipinski definition) is 5. The van der Waals surface area contributed by atoms with Crippen molar-refractivity contribution in [2.75, 3.05) is 12.4 Å². The van der Waals surface area contributed by atoms with Crippen molar-refractivity contribution in [1.82, 2.24) is 4.98 Å². The number of carbonyl (C=O) groups excluding carboxylic acids is 2. The largest absolute Gasteiger partial charge is 0.493 e. The number of carbonyl (C=O) groups is 2. The molecule has 1 aliphatic rings. The molecule has 12 heteroatoms. The fourth-order valence-corrected chi connectivity index (χ4v) is 3.89. The van der Waals surface area contributed by atoms with Crippen molar-refractivity contribution in [2.45, 2.75) is 37.6 Å². The van der Waals surface area contributed by atoms with Gasteiger partial charge in [-0.15, -0.1) is 0 Å². The smallest absolute Gasteiger partial charge is 0.417 e. The molecule has 0 bridgehead atoms. The molecule has 4 atom stereocenters. The van der Waals surface area contributed by atoms with Crippen molar-refractivity contribution in [3.05, 3.63) is 53.2 Å². The summed E-state index contributed by atoms with van der Waals surface area (Å²) in [5, 5.41) is 2.29. The Morgan fingerprint density at radius 2 is 1.91 bits per heavy atom. The lowest BCUT2D eigenvalue weighted by molar-refractivity contribution is -0.272. The number of halogens is 5. The Balaban J connectivity index is 2.07. The summed E-state index contributed by atoms with van der Waals surface area (Å²) in [7, 11) is 1.03. The maximum absolute atomic E-state index is 14.3. The molecule has 1 saturated heterocycles. The van der Waals surface area contributed by atoms with E-state index in [1.807, 2.05) is 0 Å². The molecular weight excluding hydrogens is 453 g/mol. The van der Waals surface area contributed by atoms with Crippen LogP contribution in [0.25, 0.3) is 0 Å². The number of nitrogens with two attached hydrogens (primary N) is 1. The minimum Gasteiger partial charge on any atom is -0.493 e. The second-order valence-electron chi connectivity index (χ2n) is 7.72. The molecule has 0 radical (unpaired) electrons. The number of amides is 2. The predicted molar refractivity (Wildman–Crippen MR) is 106 cm³/mol. The first kappa shape index (κ1) is 24.4. The van der Waals surface area contributed by atoms with Crippen LogP contribution in [0.3, 0.4) is 0 Å². The molecule has 0 spiro atoms. The van der Waals surface area contributed by atoms with E-state index in [2.05, 4.69) is 10.3 Å². The van der Waals surface area contributed by atoms with Gasteiger partial charge in [-0.05, 0) is 25.1 Å². The molecule has 7 nitrogen and oxygen atoms in total. The Bertz CT molecular complexity index is 1090. The van der Waals surface area contributed by atoms with E-state index < -0.39 is 58.9 Å². The number of methoxy groups -OCH3 is 1. The predicted octanol–water partition coefficient (Wildman–Crippen LogP) is 3.55. The van der Waals surface area contributed by atoms with Gasteiger partial charge >= 0.3 is 6.18 Å². The summed E-state index contributed by atoms with van der Waals surface area (Å²) in [4.78, 5) is 28.2. The van der Waals surface area contributed by atoms with Crippen LogP contribution in [-0.4, -0.2) is 41.8 Å². The number of hydrogen-bond donors (Lipinski definition) is 2. The highest BCUT2D eigenvalue weighted by Crippen LogP contribution is 2.54. The van der Waals surface area contributed by atoms with E-state index in [4.69, 9.17) is 15.2 Å². The van der Waals surface area contributed by atoms with Crippen LogP contribution in [0, 0.1) is 17.6 Å². The number of pyridine rings is 1. The third kappa shape index (κ3) is 4.22. The summed E-state index contributed by atoms with van der Waals surface area (Å²) in [5.74, 6) is -8.10. The van der Waals surface area contributed by atoms with E-state index in [0.717, 1.165) is 32.2 Å². The summed E-state index contributed by atoms with van der Waals surface area (Å²) in [6, 6.07) is 4.20. The highest BCUT2D eigenvalue weighted by Gasteiger charge is 2.65. The Morgan fingerprint density at radius 3 is 2.48 bits per heavy atom. The molecule has 2 heterocycles. The highest BCUT2D eigenvalue weighted by molar-refractivity contribution is 5.97. The molecule has 0 saturated carbocycles. The molecule has 33 heavy (non-hydrogen) atoms. The van der Waals surface area contributed by atoms with Crippen molar-refractivity contribution in [2.24, 2.45) is 11.7 Å². The molecule has 1 aromatic carbocycles. The first-order valence-electron chi connectivity index (χ1n) is 9.65. The van der Waals surface area contributed by atoms with Crippen molar-refractivity contribution < 1.29 is 41.0 Å². The molecule has 3 rings (SSSR count). The quantitative estimate of drug-likeness (QED) is 0.647. The number of nitrogens with zero attached hydrogens (tertiary/aromatic N) is 1. The van der Waals surface area contributed by atoms with Crippen LogP contribution in [0.15, 0.2) is 30.5 Å². The third-order valence-corrected chi connectivity index (χ3v) is 5.87. The van der Waals surface area contributed by atoms with Gasteiger partial charge < -0.3 is 20.5 Å². The van der Waals surface area contributed by atoms with Gasteiger partial charge in [-0.25, -0.2) is 9.37 Å². The number of rotatable bonds is 5. The summed E-state index contributed by atoms with van der Waals surface area (Å²) >= 11 is 0. The topological polar surface area (TPSA) is 104 Å². The standard InChI is InChI=1S/C21H20F5N3O4/c1-9-14(11-4-5-12(22)15(23)16(11)32-3)17(33-20(9,2)21(24,25)26)19(31)29-13-8-10(18(27)30)6-7-28-13/h4-9,14,17H,1-3H3,(H2,27,30)(H,28,29,31)/t9-,14-,17+,20+/m1/s1. The Morgan fingerprint density at radius 1 is 1.24 bits per heavy atom. The van der Waals surface area contributed by atoms with E-state index in [1.165, 1.54) is 19.2 Å². The molecule has 1 fully saturated rings. The number of benzene rings is 1. The molecule has 1 aromatic heterocycles. The van der Waals surface area contributed by atoms with E-state index in [1.54, 1.807) is 0 Å². The third-order valence-electron chi connectivity index (χ3n) is 5.87. The highest BCUT2D eigenvalue weighted by atomic mass is 19.4. The van der Waals surface area contributed by atoms with Crippen molar-refractivity contribution in [1.29, 1.82) is 0 Å². The number of primary amides is 1. The zero-order valence-corrected chi connectivity index (χ0v) is 17.7. The summed E-state index contributed by atoms with van der Waals surface area (Å²) < 4.78 is 80.0. The van der Waals surface area contributed by atoms with Crippen LogP contribution in [0.4, 0.5) is 27.8 Å². The molecule has 3 N–H and O–H groups in total. The molecule has 2 aromatic rings. The van der Waals surface area contributed by atoms with Gasteiger partial charge in [0, 0.05) is 29.2 Å². The number of ether oxygens (including phenoxy) is 2. The molecule has 1 aliphatic heterocycles. The van der Waals surface area contributed by atoms with E-state index in [-0.39, 0.29) is 16.9 Å². The van der Waals surface area contributed by atoms with Gasteiger partial charge in [-0.1, -0.05) is 13.0 Å². The summed E-state index contributed by atoms with van der Waals surface area (Å²) in [6.45, 7) is 1.97. The van der Waals surface area contributed by atoms with Gasteiger partial charge in [0.15, 0.2) is 17.2 Å². The van der Waals surface area contributed by atoms with Crippen LogP contribution >= 0.6 is 0 Å². The van der Waals surface area contributed by atoms with Crippen LogP contribution in [0.1, 0.15) is 35.7 Å². The van der Waals surface area contributed by atoms with Gasteiger partial charge in [0.05, 0.1) is 7.11 Å². The first-order valence-corrected chi connectivity index (χ1v) is 9.65. The maximum Gasteiger partial charge on any atom is 0.417 e. The summed E-state index contributed by atoms with van der Waals surface area (Å²) in [6.07, 6.45) is -5.51. The Kier molecular flexibility index (Phi) is 6.33. The SMILES string of the molecule is COc1c([C@@H]2[C@@H](C(=O)Nc3cc(C(N)=O)ccn3)O[C@](C)(C(F)(F)F)[C@@H]2C)ccc(F)c1F. The second kappa shape index (κ2) is 8.58. The minimum absolute atomic E-state index is 0.0000342. The van der Waals surface area contributed by atoms with E-state index in [0.29, 0.717) is 0 Å². The lowest BCUT2D eigenvalue weighted by Crippen LogP contribution is -2.47. The second-order valence-corrected chi connectivity index (χ2v) is 7.72. The fourth-order valence-electron chi connectivity index (χ4n) is 3.89. The van der Waals surface area contributed by atoms with Gasteiger partial charge in [0.25, 0.3) is 5.91 Å². The van der Waals surface area contributed by atoms with Crippen molar-refractivity contribution in [3.8, 4) is 5.75 Å². The molecule has 2 amide bonds. The van der Waals surface area contributed by atoms with Crippen LogP contribution in [-0.2, 0) is 9.53 Å². The maximum atomic E-state index is 14.3. The average molecular weight is 473 g/mol. The van der Waals surface area contributed by atoms with Crippen LogP contribution in [0.2, 0.25) is 0 Å². The zero-order chi connectivity index (χ0) is 24.7. The summed E-state index contributed by atoms with van der Waals surface area (Å²) in [5.41, 5.74) is 2.22. The zero-order valence-electron chi connectivity index (χ0n) is 17.7. The number of alkyl halides is 3. The van der Waals surface area contributed by atoms with Crippen LogP contribution < -0.4 is 15.8 Å². The van der Waals surface area contributed by atoms with Gasteiger partial charge in [0.2, 0.25) is 11.7 Å². The Labute approximate surface area is 185 Å².